The summed E-state index contributed by atoms with van der Waals surface area (Å²) in [5.41, 5.74) is -0.687. The number of anilines is 2. The predicted octanol–water partition coefficient (Wildman–Crippen LogP) is 4.44. The zero-order valence-electron chi connectivity index (χ0n) is 22.5. The van der Waals surface area contributed by atoms with Crippen LogP contribution in [0.25, 0.3) is 22.6 Å². The first-order chi connectivity index (χ1) is 20.9. The largest absolute Gasteiger partial charge is 0.420 e. The fourth-order valence-electron chi connectivity index (χ4n) is 4.82. The van der Waals surface area contributed by atoms with E-state index in [1.165, 1.54) is 36.0 Å². The van der Waals surface area contributed by atoms with Crippen LogP contribution < -0.4 is 15.5 Å². The SMILES string of the molecule is OC(NCC(F)(F)F)N(c1cnc(-c2cncnc2)cn1)C1CCC(Nc2ncc(C(F)(F)F)c(-c3[nH]ncc3Cl)n2)CC1. The quantitative estimate of drug-likeness (QED) is 0.151. The highest BCUT2D eigenvalue weighted by Gasteiger charge is 2.37. The molecule has 0 aliphatic heterocycles. The van der Waals surface area contributed by atoms with Gasteiger partial charge in [-0.2, -0.15) is 31.4 Å². The van der Waals surface area contributed by atoms with E-state index in [4.69, 9.17) is 11.6 Å². The number of aromatic amines is 1. The number of hydrogen-bond donors (Lipinski definition) is 4. The Kier molecular flexibility index (Phi) is 9.12. The van der Waals surface area contributed by atoms with Crippen molar-refractivity contribution in [3.8, 4) is 22.6 Å². The van der Waals surface area contributed by atoms with Crippen LogP contribution in [0.2, 0.25) is 5.02 Å². The smallest absolute Gasteiger partial charge is 0.361 e. The van der Waals surface area contributed by atoms with Crippen LogP contribution in [0.5, 0.6) is 0 Å². The van der Waals surface area contributed by atoms with Crippen molar-refractivity contribution in [3.05, 3.63) is 54.1 Å². The van der Waals surface area contributed by atoms with Crippen LogP contribution in [-0.2, 0) is 6.18 Å². The molecule has 1 atom stereocenters. The molecule has 0 spiro atoms. The minimum atomic E-state index is -4.75. The molecule has 4 N–H and O–H groups in total. The van der Waals surface area contributed by atoms with Crippen LogP contribution in [0.1, 0.15) is 31.2 Å². The summed E-state index contributed by atoms with van der Waals surface area (Å²) in [5.74, 6) is 0.0635. The highest BCUT2D eigenvalue weighted by molar-refractivity contribution is 6.32. The summed E-state index contributed by atoms with van der Waals surface area (Å²) in [6.45, 7) is -1.44. The lowest BCUT2D eigenvalue weighted by Gasteiger charge is -2.40. The van der Waals surface area contributed by atoms with Gasteiger partial charge in [-0.05, 0) is 25.7 Å². The lowest BCUT2D eigenvalue weighted by atomic mass is 9.90. The second-order valence-electron chi connectivity index (χ2n) is 9.86. The molecule has 0 bridgehead atoms. The van der Waals surface area contributed by atoms with E-state index >= 15 is 0 Å². The third-order valence-corrected chi connectivity index (χ3v) is 7.14. The minimum Gasteiger partial charge on any atom is -0.361 e. The summed E-state index contributed by atoms with van der Waals surface area (Å²) in [6.07, 6.45) is -0.536. The molecule has 1 aliphatic carbocycles. The molecular formula is C25H24ClF6N11O. The number of aliphatic hydroxyl groups is 1. The summed E-state index contributed by atoms with van der Waals surface area (Å²) in [4.78, 5) is 25.7. The van der Waals surface area contributed by atoms with Gasteiger partial charge in [0, 0.05) is 36.2 Å². The van der Waals surface area contributed by atoms with E-state index in [0.717, 1.165) is 6.20 Å². The van der Waals surface area contributed by atoms with Gasteiger partial charge in [0.25, 0.3) is 0 Å². The van der Waals surface area contributed by atoms with Crippen LogP contribution in [0, 0.1) is 0 Å². The molecule has 0 amide bonds. The normalized spacial score (nSPS) is 18.2. The van der Waals surface area contributed by atoms with E-state index in [2.05, 4.69) is 50.7 Å². The van der Waals surface area contributed by atoms with Crippen molar-refractivity contribution < 1.29 is 31.4 Å². The summed E-state index contributed by atoms with van der Waals surface area (Å²) in [7, 11) is 0. The number of rotatable bonds is 9. The molecule has 1 unspecified atom stereocenters. The van der Waals surface area contributed by atoms with E-state index in [1.807, 2.05) is 0 Å². The molecule has 4 aromatic rings. The van der Waals surface area contributed by atoms with Crippen LogP contribution >= 0.6 is 11.6 Å². The van der Waals surface area contributed by atoms with Crippen LogP contribution in [0.15, 0.2) is 43.5 Å². The second-order valence-corrected chi connectivity index (χ2v) is 10.3. The Labute approximate surface area is 250 Å². The summed E-state index contributed by atoms with van der Waals surface area (Å²) in [5, 5.41) is 21.9. The monoisotopic (exact) mass is 643 g/mol. The third kappa shape index (κ3) is 7.48. The van der Waals surface area contributed by atoms with E-state index in [1.54, 1.807) is 0 Å². The van der Waals surface area contributed by atoms with Gasteiger partial charge in [0.05, 0.1) is 35.9 Å². The fourth-order valence-corrected chi connectivity index (χ4v) is 5.00. The van der Waals surface area contributed by atoms with Gasteiger partial charge in [-0.25, -0.2) is 24.9 Å². The van der Waals surface area contributed by atoms with Gasteiger partial charge in [-0.1, -0.05) is 11.6 Å². The Morgan fingerprint density at radius 2 is 1.68 bits per heavy atom. The maximum Gasteiger partial charge on any atom is 0.420 e. The summed E-state index contributed by atoms with van der Waals surface area (Å²) < 4.78 is 79.7. The fraction of sp³-hybridized carbons (Fsp3) is 0.400. The van der Waals surface area contributed by atoms with Crippen molar-refractivity contribution in [2.75, 3.05) is 16.8 Å². The number of H-pyrrole nitrogens is 1. The van der Waals surface area contributed by atoms with E-state index in [0.29, 0.717) is 43.1 Å². The Hall–Kier alpha value is -4.16. The van der Waals surface area contributed by atoms with Crippen LogP contribution in [0.3, 0.4) is 0 Å². The molecule has 0 aromatic carbocycles. The molecule has 1 aliphatic rings. The lowest BCUT2D eigenvalue weighted by Crippen LogP contribution is -2.54. The number of alkyl halides is 6. The van der Waals surface area contributed by atoms with Gasteiger partial charge in [-0.15, -0.1) is 0 Å². The molecule has 0 saturated heterocycles. The van der Waals surface area contributed by atoms with Crippen LogP contribution in [0.4, 0.5) is 38.1 Å². The maximum atomic E-state index is 13.6. The molecule has 4 aromatic heterocycles. The van der Waals surface area contributed by atoms with Crippen molar-refractivity contribution in [1.29, 1.82) is 0 Å². The van der Waals surface area contributed by atoms with Crippen molar-refractivity contribution in [3.63, 3.8) is 0 Å². The van der Waals surface area contributed by atoms with Crippen molar-refractivity contribution in [2.24, 2.45) is 0 Å². The Morgan fingerprint density at radius 3 is 2.27 bits per heavy atom. The van der Waals surface area contributed by atoms with Gasteiger partial charge in [0.15, 0.2) is 6.35 Å². The number of nitrogens with zero attached hydrogens (tertiary/aromatic N) is 8. The van der Waals surface area contributed by atoms with E-state index < -0.39 is 42.5 Å². The first kappa shape index (κ1) is 31.3. The number of aromatic nitrogens is 8. The Bertz CT molecular complexity index is 1530. The first-order valence-corrected chi connectivity index (χ1v) is 13.5. The zero-order valence-corrected chi connectivity index (χ0v) is 23.2. The lowest BCUT2D eigenvalue weighted by molar-refractivity contribution is -0.137. The maximum absolute atomic E-state index is 13.6. The standard InChI is InChI=1S/C25H24ClF6N11O/c26-17-8-39-42-21(17)20-16(25(30,31)32)7-37-22(41-20)40-14-1-3-15(4-2-14)43(23(44)38-11-24(27,28)29)19-10-35-18(9-36-19)13-5-33-12-34-6-13/h5-10,12,14-15,23,38,44H,1-4,11H2,(H,39,42)(H,37,40,41). The molecule has 19 heteroatoms. The molecule has 12 nitrogen and oxygen atoms in total. The summed E-state index contributed by atoms with van der Waals surface area (Å²) >= 11 is 6.00. The van der Waals surface area contributed by atoms with Crippen molar-refractivity contribution in [1.82, 2.24) is 45.4 Å². The van der Waals surface area contributed by atoms with Crippen molar-refractivity contribution in [2.45, 2.75) is 56.5 Å². The van der Waals surface area contributed by atoms with Gasteiger partial charge < -0.3 is 15.3 Å². The number of hydrogen-bond acceptors (Lipinski definition) is 11. The highest BCUT2D eigenvalue weighted by Crippen LogP contribution is 2.38. The average Bonchev–Trinajstić information content (AvgIpc) is 3.42. The molecule has 0 radical (unpaired) electrons. The molecular weight excluding hydrogens is 620 g/mol. The molecule has 4 heterocycles. The second kappa shape index (κ2) is 12.8. The summed E-state index contributed by atoms with van der Waals surface area (Å²) in [6, 6.07) is -0.751. The molecule has 234 valence electrons. The first-order valence-electron chi connectivity index (χ1n) is 13.1. The number of nitrogens with one attached hydrogen (secondary N) is 3. The van der Waals surface area contributed by atoms with E-state index in [-0.39, 0.29) is 28.5 Å². The molecule has 44 heavy (non-hydrogen) atoms. The van der Waals surface area contributed by atoms with E-state index in [9.17, 15) is 31.4 Å². The third-order valence-electron chi connectivity index (χ3n) is 6.86. The number of aliphatic hydroxyl groups excluding tert-OH is 1. The Morgan fingerprint density at radius 1 is 0.955 bits per heavy atom. The van der Waals surface area contributed by atoms with Gasteiger partial charge in [-0.3, -0.25) is 15.4 Å². The number of halogens is 7. The minimum absolute atomic E-state index is 0.0494. The topological polar surface area (TPSA) is 154 Å². The predicted molar refractivity (Wildman–Crippen MR) is 145 cm³/mol. The van der Waals surface area contributed by atoms with Gasteiger partial charge in [0.2, 0.25) is 5.95 Å². The Balaban J connectivity index is 1.31. The highest BCUT2D eigenvalue weighted by atomic mass is 35.5. The van der Waals surface area contributed by atoms with Crippen molar-refractivity contribution >= 4 is 23.4 Å². The molecule has 5 rings (SSSR count). The van der Waals surface area contributed by atoms with Gasteiger partial charge >= 0.3 is 12.4 Å². The van der Waals surface area contributed by atoms with Crippen LogP contribution in [-0.4, -0.2) is 76.4 Å². The molecule has 1 saturated carbocycles. The molecule has 1 fully saturated rings. The zero-order chi connectivity index (χ0) is 31.5. The van der Waals surface area contributed by atoms with Gasteiger partial charge in [0.1, 0.15) is 29.1 Å². The average molecular weight is 644 g/mol.